The standard InChI is InChI=1S/C11H18N2O2S2/c1-8-7-17-10(13-8)16-6-4-5-11(2,12)9(14)15-3/h7H,4-6,12H2,1-3H3. The quantitative estimate of drug-likeness (QED) is 0.489. The molecular weight excluding hydrogens is 256 g/mol. The van der Waals surface area contributed by atoms with Crippen molar-refractivity contribution in [2.24, 2.45) is 5.73 Å². The van der Waals surface area contributed by atoms with Crippen LogP contribution in [0.25, 0.3) is 0 Å². The maximum atomic E-state index is 11.3. The Balaban J connectivity index is 2.26. The molecule has 96 valence electrons. The summed E-state index contributed by atoms with van der Waals surface area (Å²) in [4.78, 5) is 15.7. The second-order valence-electron chi connectivity index (χ2n) is 4.12. The molecule has 6 heteroatoms. The summed E-state index contributed by atoms with van der Waals surface area (Å²) in [5, 5.41) is 2.03. The van der Waals surface area contributed by atoms with Crippen LogP contribution in [0.1, 0.15) is 25.5 Å². The SMILES string of the molecule is COC(=O)C(C)(N)CCCSc1nc(C)cs1. The Morgan fingerprint density at radius 3 is 2.94 bits per heavy atom. The molecule has 17 heavy (non-hydrogen) atoms. The van der Waals surface area contributed by atoms with E-state index in [1.165, 1.54) is 7.11 Å². The van der Waals surface area contributed by atoms with Crippen LogP contribution in [-0.2, 0) is 9.53 Å². The van der Waals surface area contributed by atoms with Gasteiger partial charge in [0.25, 0.3) is 0 Å². The molecule has 1 heterocycles. The molecule has 1 aromatic rings. The van der Waals surface area contributed by atoms with Crippen molar-refractivity contribution >= 4 is 29.1 Å². The van der Waals surface area contributed by atoms with Crippen molar-refractivity contribution in [3.05, 3.63) is 11.1 Å². The van der Waals surface area contributed by atoms with Gasteiger partial charge in [-0.25, -0.2) is 4.98 Å². The maximum absolute atomic E-state index is 11.3. The van der Waals surface area contributed by atoms with Gasteiger partial charge in [0.15, 0.2) is 0 Å². The lowest BCUT2D eigenvalue weighted by atomic mass is 9.98. The Morgan fingerprint density at radius 1 is 1.71 bits per heavy atom. The summed E-state index contributed by atoms with van der Waals surface area (Å²) in [6.07, 6.45) is 1.49. The highest BCUT2D eigenvalue weighted by molar-refractivity contribution is 8.00. The van der Waals surface area contributed by atoms with Gasteiger partial charge in [-0.3, -0.25) is 4.79 Å². The van der Waals surface area contributed by atoms with Gasteiger partial charge in [0.05, 0.1) is 7.11 Å². The molecule has 0 aliphatic carbocycles. The molecule has 0 aliphatic rings. The van der Waals surface area contributed by atoms with Crippen LogP contribution >= 0.6 is 23.1 Å². The number of thioether (sulfide) groups is 1. The van der Waals surface area contributed by atoms with Crippen LogP contribution in [-0.4, -0.2) is 29.4 Å². The summed E-state index contributed by atoms with van der Waals surface area (Å²) in [5.41, 5.74) is 6.03. The highest BCUT2D eigenvalue weighted by atomic mass is 32.2. The normalized spacial score (nSPS) is 14.4. The van der Waals surface area contributed by atoms with Crippen LogP contribution in [0.5, 0.6) is 0 Å². The first kappa shape index (κ1) is 14.5. The largest absolute Gasteiger partial charge is 0.468 e. The summed E-state index contributed by atoms with van der Waals surface area (Å²) in [6.45, 7) is 3.69. The molecule has 1 atom stereocenters. The van der Waals surface area contributed by atoms with Gasteiger partial charge >= 0.3 is 5.97 Å². The predicted molar refractivity (Wildman–Crippen MR) is 71.4 cm³/mol. The molecule has 0 amide bonds. The molecule has 1 unspecified atom stereocenters. The molecule has 0 bridgehead atoms. The van der Waals surface area contributed by atoms with Crippen LogP contribution in [0.4, 0.5) is 0 Å². The number of thiazole rings is 1. The molecule has 0 radical (unpaired) electrons. The smallest absolute Gasteiger partial charge is 0.325 e. The van der Waals surface area contributed by atoms with E-state index in [1.807, 2.05) is 12.3 Å². The first-order valence-electron chi connectivity index (χ1n) is 5.38. The second-order valence-corrected chi connectivity index (χ2v) is 6.32. The van der Waals surface area contributed by atoms with E-state index in [0.717, 1.165) is 22.2 Å². The van der Waals surface area contributed by atoms with Crippen LogP contribution in [0.2, 0.25) is 0 Å². The van der Waals surface area contributed by atoms with Crippen LogP contribution in [0.15, 0.2) is 9.72 Å². The highest BCUT2D eigenvalue weighted by Crippen LogP contribution is 2.24. The molecular formula is C11H18N2O2S2. The number of esters is 1. The minimum Gasteiger partial charge on any atom is -0.468 e. The molecule has 1 rings (SSSR count). The zero-order valence-corrected chi connectivity index (χ0v) is 12.0. The second kappa shape index (κ2) is 6.37. The Labute approximate surface area is 110 Å². The van der Waals surface area contributed by atoms with Gasteiger partial charge in [-0.05, 0) is 26.7 Å². The Bertz CT molecular complexity index is 377. The Kier molecular flexibility index (Phi) is 5.42. The molecule has 0 spiro atoms. The third kappa shape index (κ3) is 4.65. The van der Waals surface area contributed by atoms with E-state index in [0.29, 0.717) is 6.42 Å². The fourth-order valence-corrected chi connectivity index (χ4v) is 3.19. The summed E-state index contributed by atoms with van der Waals surface area (Å²) >= 11 is 3.35. The van der Waals surface area contributed by atoms with Crippen molar-refractivity contribution in [2.45, 2.75) is 36.6 Å². The molecule has 2 N–H and O–H groups in total. The molecule has 1 aromatic heterocycles. The predicted octanol–water partition coefficient (Wildman–Crippen LogP) is 2.21. The summed E-state index contributed by atoms with van der Waals surface area (Å²) < 4.78 is 5.72. The van der Waals surface area contributed by atoms with E-state index in [9.17, 15) is 4.79 Å². The average Bonchev–Trinajstić information content (AvgIpc) is 2.69. The molecule has 0 aromatic carbocycles. The van der Waals surface area contributed by atoms with Gasteiger partial charge in [0.2, 0.25) is 0 Å². The van der Waals surface area contributed by atoms with E-state index in [1.54, 1.807) is 30.0 Å². The van der Waals surface area contributed by atoms with Crippen molar-refractivity contribution in [1.29, 1.82) is 0 Å². The fraction of sp³-hybridized carbons (Fsp3) is 0.636. The minimum absolute atomic E-state index is 0.354. The number of aryl methyl sites for hydroxylation is 1. The minimum atomic E-state index is -0.881. The van der Waals surface area contributed by atoms with Crippen LogP contribution in [0, 0.1) is 6.92 Å². The number of methoxy groups -OCH3 is 1. The fourth-order valence-electron chi connectivity index (χ4n) is 1.33. The zero-order valence-electron chi connectivity index (χ0n) is 10.4. The van der Waals surface area contributed by atoms with Crippen molar-refractivity contribution in [3.63, 3.8) is 0 Å². The number of nitrogens with two attached hydrogens (primary N) is 1. The lowest BCUT2D eigenvalue weighted by Crippen LogP contribution is -2.45. The Hall–Kier alpha value is -0.590. The van der Waals surface area contributed by atoms with Gasteiger partial charge in [0, 0.05) is 16.8 Å². The lowest BCUT2D eigenvalue weighted by molar-refractivity contribution is -0.146. The zero-order chi connectivity index (χ0) is 12.9. The van der Waals surface area contributed by atoms with Gasteiger partial charge < -0.3 is 10.5 Å². The lowest BCUT2D eigenvalue weighted by Gasteiger charge is -2.20. The number of nitrogens with zero attached hydrogens (tertiary/aromatic N) is 1. The Morgan fingerprint density at radius 2 is 2.41 bits per heavy atom. The van der Waals surface area contributed by atoms with Crippen molar-refractivity contribution < 1.29 is 9.53 Å². The van der Waals surface area contributed by atoms with Gasteiger partial charge in [0.1, 0.15) is 9.88 Å². The highest BCUT2D eigenvalue weighted by Gasteiger charge is 2.28. The topological polar surface area (TPSA) is 65.2 Å². The number of rotatable bonds is 6. The van der Waals surface area contributed by atoms with Gasteiger partial charge in [-0.1, -0.05) is 11.8 Å². The number of carbonyl (C=O) groups excluding carboxylic acids is 1. The molecule has 0 aliphatic heterocycles. The van der Waals surface area contributed by atoms with Crippen molar-refractivity contribution in [1.82, 2.24) is 4.98 Å². The monoisotopic (exact) mass is 274 g/mol. The molecule has 0 fully saturated rings. The first-order chi connectivity index (χ1) is 7.95. The molecule has 0 saturated heterocycles. The van der Waals surface area contributed by atoms with E-state index >= 15 is 0 Å². The summed E-state index contributed by atoms with van der Waals surface area (Å²) in [7, 11) is 1.36. The maximum Gasteiger partial charge on any atom is 0.325 e. The third-order valence-corrected chi connectivity index (χ3v) is 4.54. The molecule has 0 saturated carbocycles. The number of ether oxygens (including phenoxy) is 1. The number of carbonyl (C=O) groups is 1. The van der Waals surface area contributed by atoms with E-state index in [-0.39, 0.29) is 5.97 Å². The van der Waals surface area contributed by atoms with Crippen LogP contribution in [0.3, 0.4) is 0 Å². The van der Waals surface area contributed by atoms with Gasteiger partial charge in [-0.15, -0.1) is 11.3 Å². The third-order valence-electron chi connectivity index (χ3n) is 2.32. The van der Waals surface area contributed by atoms with Crippen molar-refractivity contribution in [2.75, 3.05) is 12.9 Å². The van der Waals surface area contributed by atoms with E-state index in [4.69, 9.17) is 5.73 Å². The van der Waals surface area contributed by atoms with E-state index < -0.39 is 5.54 Å². The number of hydrogen-bond donors (Lipinski definition) is 1. The summed E-state index contributed by atoms with van der Waals surface area (Å²) in [6, 6.07) is 0. The first-order valence-corrected chi connectivity index (χ1v) is 7.24. The molecule has 4 nitrogen and oxygen atoms in total. The van der Waals surface area contributed by atoms with Crippen LogP contribution < -0.4 is 5.73 Å². The van der Waals surface area contributed by atoms with Gasteiger partial charge in [-0.2, -0.15) is 0 Å². The number of aromatic nitrogens is 1. The summed E-state index contributed by atoms with van der Waals surface area (Å²) in [5.74, 6) is 0.559. The average molecular weight is 274 g/mol. The number of hydrogen-bond acceptors (Lipinski definition) is 6. The van der Waals surface area contributed by atoms with E-state index in [2.05, 4.69) is 9.72 Å². The van der Waals surface area contributed by atoms with Crippen molar-refractivity contribution in [3.8, 4) is 0 Å².